The van der Waals surface area contributed by atoms with Crippen LogP contribution in [0.3, 0.4) is 0 Å². The average Bonchev–Trinajstić information content (AvgIpc) is 3.46. The largest absolute Gasteiger partial charge is 0.461 e. The minimum absolute atomic E-state index is 0.0150. The van der Waals surface area contributed by atoms with Crippen LogP contribution in [-0.4, -0.2) is 76.7 Å². The SMILES string of the molecule is C=CCOC(=O)[C@H]1[C@H]2C(=O)N(CCCCO)C(C(=O)N(CC=C)c3cc(C)ccc3C)C23CC(Br)[C@@H]1O3. The van der Waals surface area contributed by atoms with Crippen LogP contribution in [0.2, 0.25) is 0 Å². The number of benzene rings is 1. The Morgan fingerprint density at radius 1 is 1.30 bits per heavy atom. The maximum atomic E-state index is 14.5. The Hall–Kier alpha value is -2.49. The molecule has 4 rings (SSSR count). The second kappa shape index (κ2) is 11.1. The Kier molecular flexibility index (Phi) is 8.26. The van der Waals surface area contributed by atoms with Gasteiger partial charge in [0.1, 0.15) is 18.2 Å². The maximum absolute atomic E-state index is 14.5. The summed E-state index contributed by atoms with van der Waals surface area (Å²) in [5, 5.41) is 9.35. The molecule has 200 valence electrons. The number of nitrogens with zero attached hydrogens (tertiary/aromatic N) is 2. The van der Waals surface area contributed by atoms with Crippen LogP contribution < -0.4 is 4.90 Å². The summed E-state index contributed by atoms with van der Waals surface area (Å²) in [5.41, 5.74) is 1.51. The zero-order valence-corrected chi connectivity index (χ0v) is 23.0. The number of halogens is 1. The van der Waals surface area contributed by atoms with E-state index in [4.69, 9.17) is 9.47 Å². The molecule has 0 saturated carbocycles. The molecule has 9 heteroatoms. The number of carbonyl (C=O) groups excluding carboxylic acids is 3. The second-order valence-electron chi connectivity index (χ2n) is 10.1. The summed E-state index contributed by atoms with van der Waals surface area (Å²) in [4.78, 5) is 44.6. The minimum atomic E-state index is -1.17. The van der Waals surface area contributed by atoms with Crippen LogP contribution in [0, 0.1) is 25.7 Å². The van der Waals surface area contributed by atoms with E-state index in [0.29, 0.717) is 19.3 Å². The number of hydrogen-bond donors (Lipinski definition) is 1. The molecule has 3 aliphatic rings. The maximum Gasteiger partial charge on any atom is 0.312 e. The van der Waals surface area contributed by atoms with Crippen molar-refractivity contribution < 1.29 is 29.0 Å². The van der Waals surface area contributed by atoms with Gasteiger partial charge in [0.05, 0.1) is 17.9 Å². The highest BCUT2D eigenvalue weighted by atomic mass is 79.9. The molecule has 3 heterocycles. The van der Waals surface area contributed by atoms with Crippen LogP contribution in [-0.2, 0) is 23.9 Å². The van der Waals surface area contributed by atoms with Gasteiger partial charge in [-0.3, -0.25) is 14.4 Å². The van der Waals surface area contributed by atoms with E-state index in [1.807, 2.05) is 32.0 Å². The Bertz CT molecular complexity index is 1090. The van der Waals surface area contributed by atoms with Crippen molar-refractivity contribution in [3.8, 4) is 0 Å². The third-order valence-electron chi connectivity index (χ3n) is 7.68. The third-order valence-corrected chi connectivity index (χ3v) is 8.52. The molecule has 3 saturated heterocycles. The second-order valence-corrected chi connectivity index (χ2v) is 11.2. The number of anilines is 1. The fourth-order valence-corrected chi connectivity index (χ4v) is 7.09. The van der Waals surface area contributed by atoms with Crippen molar-refractivity contribution in [3.05, 3.63) is 54.6 Å². The summed E-state index contributed by atoms with van der Waals surface area (Å²) in [5.74, 6) is -2.71. The molecular weight excluding hydrogens is 540 g/mol. The first kappa shape index (κ1) is 27.5. The van der Waals surface area contributed by atoms with Gasteiger partial charge in [0.25, 0.3) is 5.91 Å². The molecule has 1 aromatic rings. The molecule has 3 unspecified atom stereocenters. The van der Waals surface area contributed by atoms with Crippen molar-refractivity contribution in [3.63, 3.8) is 0 Å². The van der Waals surface area contributed by atoms with Crippen molar-refractivity contribution in [2.75, 3.05) is 31.2 Å². The van der Waals surface area contributed by atoms with E-state index in [1.165, 1.54) is 6.08 Å². The number of ether oxygens (including phenoxy) is 2. The highest BCUT2D eigenvalue weighted by Gasteiger charge is 2.77. The molecule has 0 radical (unpaired) electrons. The molecule has 0 aromatic heterocycles. The van der Waals surface area contributed by atoms with E-state index in [2.05, 4.69) is 29.1 Å². The van der Waals surface area contributed by atoms with Gasteiger partial charge in [0.15, 0.2) is 0 Å². The van der Waals surface area contributed by atoms with E-state index < -0.39 is 35.6 Å². The molecule has 2 amide bonds. The van der Waals surface area contributed by atoms with Crippen molar-refractivity contribution in [2.24, 2.45) is 11.8 Å². The lowest BCUT2D eigenvalue weighted by Gasteiger charge is -2.37. The first-order valence-corrected chi connectivity index (χ1v) is 13.6. The van der Waals surface area contributed by atoms with Gasteiger partial charge in [-0.25, -0.2) is 0 Å². The number of carbonyl (C=O) groups is 3. The summed E-state index contributed by atoms with van der Waals surface area (Å²) >= 11 is 3.66. The number of rotatable bonds is 11. The fraction of sp³-hybridized carbons (Fsp3) is 0.536. The average molecular weight is 576 g/mol. The van der Waals surface area contributed by atoms with Gasteiger partial charge in [-0.1, -0.05) is 46.8 Å². The van der Waals surface area contributed by atoms with Crippen LogP contribution in [0.15, 0.2) is 43.5 Å². The molecule has 8 nitrogen and oxygen atoms in total. The zero-order valence-electron chi connectivity index (χ0n) is 21.4. The van der Waals surface area contributed by atoms with E-state index in [0.717, 1.165) is 16.8 Å². The number of amides is 2. The number of unbranched alkanes of at least 4 members (excludes halogenated alkanes) is 1. The van der Waals surface area contributed by atoms with E-state index in [-0.39, 0.29) is 42.9 Å². The summed E-state index contributed by atoms with van der Waals surface area (Å²) < 4.78 is 11.9. The Labute approximate surface area is 226 Å². The molecule has 6 atom stereocenters. The van der Waals surface area contributed by atoms with Crippen LogP contribution in [0.4, 0.5) is 5.69 Å². The van der Waals surface area contributed by atoms with Crippen LogP contribution >= 0.6 is 15.9 Å². The summed E-state index contributed by atoms with van der Waals surface area (Å²) in [6.45, 7) is 11.9. The first-order chi connectivity index (χ1) is 17.7. The molecule has 1 aromatic carbocycles. The van der Waals surface area contributed by atoms with Gasteiger partial charge >= 0.3 is 5.97 Å². The molecule has 1 spiro atoms. The van der Waals surface area contributed by atoms with Crippen LogP contribution in [0.25, 0.3) is 0 Å². The zero-order chi connectivity index (χ0) is 26.9. The topological polar surface area (TPSA) is 96.4 Å². The summed E-state index contributed by atoms with van der Waals surface area (Å²) in [6.07, 6.45) is 4.00. The van der Waals surface area contributed by atoms with Crippen LogP contribution in [0.1, 0.15) is 30.4 Å². The lowest BCUT2D eigenvalue weighted by atomic mass is 9.70. The van der Waals surface area contributed by atoms with Gasteiger partial charge in [-0.05, 0) is 50.3 Å². The molecule has 1 N–H and O–H groups in total. The Morgan fingerprint density at radius 2 is 2.05 bits per heavy atom. The molecule has 3 fully saturated rings. The van der Waals surface area contributed by atoms with Gasteiger partial charge in [-0.2, -0.15) is 0 Å². The fourth-order valence-electron chi connectivity index (χ4n) is 6.14. The van der Waals surface area contributed by atoms with Crippen molar-refractivity contribution in [1.29, 1.82) is 0 Å². The smallest absolute Gasteiger partial charge is 0.312 e. The standard InChI is InChI=1S/C28H35BrN2O6/c1-5-11-30(20-15-17(3)9-10-18(20)4)26(34)24-28-16-19(29)23(37-28)21(27(35)36-14-6-2)22(28)25(33)31(24)12-7-8-13-32/h5-6,9-10,15,19,21-24,32H,1-2,7-8,11-14,16H2,3-4H3/t19?,21-,22-,23-,24?,28?/m0/s1. The van der Waals surface area contributed by atoms with Crippen LogP contribution in [0.5, 0.6) is 0 Å². The lowest BCUT2D eigenvalue weighted by Crippen LogP contribution is -2.57. The number of aliphatic hydroxyl groups excluding tert-OH is 1. The third kappa shape index (κ3) is 4.66. The van der Waals surface area contributed by atoms with E-state index in [9.17, 15) is 19.5 Å². The molecule has 37 heavy (non-hydrogen) atoms. The van der Waals surface area contributed by atoms with Gasteiger partial charge in [0, 0.05) is 30.2 Å². The predicted octanol–water partition coefficient (Wildman–Crippen LogP) is 3.07. The van der Waals surface area contributed by atoms with Crippen molar-refractivity contribution >= 4 is 39.4 Å². The quantitative estimate of drug-likeness (QED) is 0.189. The number of fused-ring (bicyclic) bond motifs is 1. The minimum Gasteiger partial charge on any atom is -0.461 e. The number of aliphatic hydroxyl groups is 1. The van der Waals surface area contributed by atoms with Gasteiger partial charge in [0.2, 0.25) is 5.91 Å². The van der Waals surface area contributed by atoms with Gasteiger partial charge in [-0.15, -0.1) is 6.58 Å². The Balaban J connectivity index is 1.79. The lowest BCUT2D eigenvalue weighted by molar-refractivity contribution is -0.153. The van der Waals surface area contributed by atoms with Crippen molar-refractivity contribution in [1.82, 2.24) is 4.90 Å². The van der Waals surface area contributed by atoms with E-state index >= 15 is 0 Å². The summed E-state index contributed by atoms with van der Waals surface area (Å²) in [7, 11) is 0. The molecule has 3 aliphatic heterocycles. The Morgan fingerprint density at radius 3 is 2.73 bits per heavy atom. The van der Waals surface area contributed by atoms with Gasteiger partial charge < -0.3 is 24.4 Å². The molecule has 0 aliphatic carbocycles. The number of esters is 1. The highest BCUT2D eigenvalue weighted by Crippen LogP contribution is 2.60. The highest BCUT2D eigenvalue weighted by molar-refractivity contribution is 9.09. The molecule has 2 bridgehead atoms. The number of likely N-dealkylation sites (tertiary alicyclic amines) is 1. The van der Waals surface area contributed by atoms with Crippen molar-refractivity contribution in [2.45, 2.75) is 55.7 Å². The first-order valence-electron chi connectivity index (χ1n) is 12.7. The molecular formula is C28H35BrN2O6. The number of hydrogen-bond acceptors (Lipinski definition) is 6. The number of alkyl halides is 1. The monoisotopic (exact) mass is 574 g/mol. The predicted molar refractivity (Wildman–Crippen MR) is 143 cm³/mol. The normalized spacial score (nSPS) is 29.8. The summed E-state index contributed by atoms with van der Waals surface area (Å²) in [6, 6.07) is 4.98. The van der Waals surface area contributed by atoms with E-state index in [1.54, 1.807) is 15.9 Å². The number of aryl methyl sites for hydroxylation is 2.